The lowest BCUT2D eigenvalue weighted by molar-refractivity contribution is -0.138. The van der Waals surface area contributed by atoms with Crippen LogP contribution in [0.4, 0.5) is 11.5 Å². The van der Waals surface area contributed by atoms with Gasteiger partial charge in [-0.05, 0) is 49.4 Å². The van der Waals surface area contributed by atoms with Crippen molar-refractivity contribution in [2.24, 2.45) is 0 Å². The molecule has 0 bridgehead atoms. The summed E-state index contributed by atoms with van der Waals surface area (Å²) in [6, 6.07) is 17.4. The zero-order valence-electron chi connectivity index (χ0n) is 18.2. The van der Waals surface area contributed by atoms with Crippen molar-refractivity contribution < 1.29 is 19.4 Å². The Morgan fingerprint density at radius 3 is 2.36 bits per heavy atom. The van der Waals surface area contributed by atoms with Crippen LogP contribution in [0.3, 0.4) is 0 Å². The van der Waals surface area contributed by atoms with E-state index in [4.69, 9.17) is 4.74 Å². The van der Waals surface area contributed by atoms with E-state index >= 15 is 0 Å². The van der Waals surface area contributed by atoms with Gasteiger partial charge in [-0.2, -0.15) is 0 Å². The van der Waals surface area contributed by atoms with E-state index in [0.29, 0.717) is 31.9 Å². The second-order valence-electron chi connectivity index (χ2n) is 7.58. The third kappa shape index (κ3) is 5.58. The Balaban J connectivity index is 0.00000324. The van der Waals surface area contributed by atoms with E-state index in [2.05, 4.69) is 19.6 Å². The van der Waals surface area contributed by atoms with Crippen molar-refractivity contribution in [3.8, 4) is 5.75 Å². The maximum Gasteiger partial charge on any atom is 0.263 e. The number of carbonyl (C=O) groups is 1. The Bertz CT molecular complexity index is 1170. The fourth-order valence-electron chi connectivity index (χ4n) is 3.58. The fourth-order valence-corrected chi connectivity index (χ4v) is 4.59. The minimum Gasteiger partial charge on any atom is -0.481 e. The Hall–Kier alpha value is -3.66. The summed E-state index contributed by atoms with van der Waals surface area (Å²) in [6.07, 6.45) is 2.18. The minimum atomic E-state index is -3.74. The highest BCUT2D eigenvalue weighted by Crippen LogP contribution is 2.21. The van der Waals surface area contributed by atoms with Gasteiger partial charge in [0.15, 0.2) is 6.10 Å². The van der Waals surface area contributed by atoms with Crippen molar-refractivity contribution in [3.05, 3.63) is 73.2 Å². The molecule has 1 fully saturated rings. The minimum absolute atomic E-state index is 0. The van der Waals surface area contributed by atoms with Crippen molar-refractivity contribution in [3.63, 3.8) is 0 Å². The summed E-state index contributed by atoms with van der Waals surface area (Å²) < 4.78 is 33.3. The van der Waals surface area contributed by atoms with Crippen LogP contribution < -0.4 is 14.4 Å². The lowest BCUT2D eigenvalue weighted by atomic mass is 10.2. The van der Waals surface area contributed by atoms with Crippen LogP contribution in [0.25, 0.3) is 0 Å². The van der Waals surface area contributed by atoms with Gasteiger partial charge in [-0.15, -0.1) is 0 Å². The van der Waals surface area contributed by atoms with Crippen LogP contribution in [0.15, 0.2) is 78.1 Å². The highest BCUT2D eigenvalue weighted by molar-refractivity contribution is 7.92. The summed E-state index contributed by atoms with van der Waals surface area (Å²) in [7, 11) is -3.74. The van der Waals surface area contributed by atoms with Crippen LogP contribution in [-0.2, 0) is 14.8 Å². The Kier molecular flexibility index (Phi) is 6.74. The predicted molar refractivity (Wildman–Crippen MR) is 127 cm³/mol. The maximum absolute atomic E-state index is 12.8. The topological polar surface area (TPSA) is 105 Å². The van der Waals surface area contributed by atoms with E-state index in [0.717, 1.165) is 5.69 Å². The number of ether oxygens (including phenoxy) is 1. The molecule has 10 heteroatoms. The van der Waals surface area contributed by atoms with Gasteiger partial charge in [0.2, 0.25) is 0 Å². The van der Waals surface area contributed by atoms with Crippen molar-refractivity contribution in [2.45, 2.75) is 17.9 Å². The number of nitrogens with zero attached hydrogens (tertiary/aromatic N) is 4. The molecule has 4 rings (SSSR count). The van der Waals surface area contributed by atoms with E-state index in [9.17, 15) is 13.2 Å². The normalized spacial score (nSPS) is 15.1. The van der Waals surface area contributed by atoms with Crippen LogP contribution in [0.5, 0.6) is 5.75 Å². The molecule has 2 aromatic carbocycles. The summed E-state index contributed by atoms with van der Waals surface area (Å²) >= 11 is 0. The summed E-state index contributed by atoms with van der Waals surface area (Å²) in [5, 5.41) is 0. The molecule has 1 aliphatic rings. The smallest absolute Gasteiger partial charge is 0.263 e. The average molecular weight is 470 g/mol. The van der Waals surface area contributed by atoms with Gasteiger partial charge in [-0.1, -0.05) is 18.2 Å². The van der Waals surface area contributed by atoms with Gasteiger partial charge in [0.1, 0.15) is 17.9 Å². The molecular weight excluding hydrogens is 442 g/mol. The number of nitrogens with one attached hydrogen (secondary N) is 1. The van der Waals surface area contributed by atoms with Crippen LogP contribution in [0.2, 0.25) is 0 Å². The Labute approximate surface area is 194 Å². The second kappa shape index (κ2) is 9.86. The SMILES string of the molecule is CC(Oc1ccccc1)C(=O)N1CCN(c2ccc(S(=O)(=O)Nc3ccncn3)cc2)CC1.[HH]. The molecule has 1 amide bonds. The number of anilines is 2. The van der Waals surface area contributed by atoms with Gasteiger partial charge in [-0.25, -0.2) is 18.4 Å². The first-order chi connectivity index (χ1) is 15.9. The number of hydrogen-bond donors (Lipinski definition) is 1. The van der Waals surface area contributed by atoms with Crippen LogP contribution in [0, 0.1) is 0 Å². The summed E-state index contributed by atoms with van der Waals surface area (Å²) in [5.41, 5.74) is 0.900. The first-order valence-electron chi connectivity index (χ1n) is 10.6. The zero-order valence-corrected chi connectivity index (χ0v) is 19.0. The van der Waals surface area contributed by atoms with Gasteiger partial charge in [-0.3, -0.25) is 9.52 Å². The van der Waals surface area contributed by atoms with Crippen LogP contribution >= 0.6 is 0 Å². The number of aromatic nitrogens is 2. The summed E-state index contributed by atoms with van der Waals surface area (Å²) in [5.74, 6) is 0.831. The predicted octanol–water partition coefficient (Wildman–Crippen LogP) is 2.64. The molecule has 1 saturated heterocycles. The third-order valence-corrected chi connectivity index (χ3v) is 6.70. The van der Waals surface area contributed by atoms with Crippen molar-refractivity contribution in [1.29, 1.82) is 0 Å². The quantitative estimate of drug-likeness (QED) is 0.567. The third-order valence-electron chi connectivity index (χ3n) is 5.33. The number of benzene rings is 2. The molecule has 3 aromatic rings. The molecule has 1 unspecified atom stereocenters. The largest absolute Gasteiger partial charge is 0.481 e. The highest BCUT2D eigenvalue weighted by atomic mass is 32.2. The number of piperazine rings is 1. The number of sulfonamides is 1. The molecule has 1 aliphatic heterocycles. The van der Waals surface area contributed by atoms with Gasteiger partial charge < -0.3 is 14.5 Å². The second-order valence-corrected chi connectivity index (χ2v) is 9.26. The number of amides is 1. The molecule has 0 spiro atoms. The first-order valence-corrected chi connectivity index (χ1v) is 12.0. The highest BCUT2D eigenvalue weighted by Gasteiger charge is 2.26. The Morgan fingerprint density at radius 1 is 1.03 bits per heavy atom. The van der Waals surface area contributed by atoms with Crippen LogP contribution in [-0.4, -0.2) is 61.5 Å². The molecule has 0 saturated carbocycles. The first kappa shape index (κ1) is 22.5. The summed E-state index contributed by atoms with van der Waals surface area (Å²) in [6.45, 7) is 4.19. The van der Waals surface area contributed by atoms with E-state index < -0.39 is 16.1 Å². The lowest BCUT2D eigenvalue weighted by Gasteiger charge is -2.37. The fraction of sp³-hybridized carbons (Fsp3) is 0.261. The van der Waals surface area contributed by atoms with Crippen LogP contribution in [0.1, 0.15) is 8.35 Å². The lowest BCUT2D eigenvalue weighted by Crippen LogP contribution is -2.52. The molecule has 1 aromatic heterocycles. The van der Waals surface area contributed by atoms with E-state index in [1.54, 1.807) is 36.1 Å². The number of rotatable bonds is 7. The molecule has 33 heavy (non-hydrogen) atoms. The molecule has 2 heterocycles. The summed E-state index contributed by atoms with van der Waals surface area (Å²) in [4.78, 5) is 24.5. The Morgan fingerprint density at radius 2 is 1.73 bits per heavy atom. The molecule has 1 N–H and O–H groups in total. The van der Waals surface area contributed by atoms with E-state index in [-0.39, 0.29) is 18.0 Å². The van der Waals surface area contributed by atoms with Gasteiger partial charge in [0.05, 0.1) is 4.90 Å². The van der Waals surface area contributed by atoms with E-state index in [1.807, 2.05) is 30.3 Å². The van der Waals surface area contributed by atoms with Gasteiger partial charge in [0, 0.05) is 39.5 Å². The standard InChI is InChI=1S/C23H25N5O4S.H2/c1-18(32-20-5-3-2-4-6-20)23(29)28-15-13-27(14-16-28)19-7-9-21(10-8-19)33(30,31)26-22-11-12-24-17-25-22;/h2-12,17-18H,13-16H2,1H3,(H,24,25,26);1H. The van der Waals surface area contributed by atoms with Crippen molar-refractivity contribution >= 4 is 27.4 Å². The molecule has 9 nitrogen and oxygen atoms in total. The molecule has 0 aliphatic carbocycles. The maximum atomic E-state index is 12.8. The van der Waals surface area contributed by atoms with Gasteiger partial charge in [0.25, 0.3) is 15.9 Å². The van der Waals surface area contributed by atoms with Crippen molar-refractivity contribution in [1.82, 2.24) is 14.9 Å². The average Bonchev–Trinajstić information content (AvgIpc) is 2.85. The molecular formula is C23H27N5O4S. The van der Waals surface area contributed by atoms with Gasteiger partial charge >= 0.3 is 0 Å². The zero-order chi connectivity index (χ0) is 23.3. The number of carbonyl (C=O) groups excluding carboxylic acids is 1. The molecule has 1 atom stereocenters. The molecule has 0 radical (unpaired) electrons. The monoisotopic (exact) mass is 469 g/mol. The molecule has 174 valence electrons. The van der Waals surface area contributed by atoms with Crippen molar-refractivity contribution in [2.75, 3.05) is 35.8 Å². The number of para-hydroxylation sites is 1. The van der Waals surface area contributed by atoms with E-state index in [1.165, 1.54) is 18.6 Å². The number of hydrogen-bond acceptors (Lipinski definition) is 7.